The van der Waals surface area contributed by atoms with Gasteiger partial charge in [-0.2, -0.15) is 13.2 Å². The number of nitrogens with zero attached hydrogens (tertiary/aromatic N) is 1. The highest BCUT2D eigenvalue weighted by Crippen LogP contribution is 2.31. The van der Waals surface area contributed by atoms with Crippen LogP contribution >= 0.6 is 11.6 Å². The lowest BCUT2D eigenvalue weighted by molar-refractivity contribution is -0.0918. The fraction of sp³-hybridized carbons (Fsp3) is 0.200. The van der Waals surface area contributed by atoms with E-state index in [1.807, 2.05) is 0 Å². The number of hydrogen-bond donors (Lipinski definition) is 2. The second-order valence-corrected chi connectivity index (χ2v) is 4.92. The molecule has 0 aliphatic carbocycles. The fourth-order valence-electron chi connectivity index (χ4n) is 1.67. The van der Waals surface area contributed by atoms with Gasteiger partial charge in [-0.3, -0.25) is 9.79 Å². The third-order valence-electron chi connectivity index (χ3n) is 2.99. The number of hydrogen-bond acceptors (Lipinski definition) is 3. The first-order chi connectivity index (χ1) is 11.1. The number of carbonyl (C=O) groups excluding carboxylic acids is 1. The minimum absolute atomic E-state index is 0.166. The van der Waals surface area contributed by atoms with Crippen molar-refractivity contribution in [3.05, 3.63) is 52.1 Å². The summed E-state index contributed by atoms with van der Waals surface area (Å²) in [7, 11) is 1.31. The number of benzene rings is 1. The van der Waals surface area contributed by atoms with E-state index in [0.717, 1.165) is 19.1 Å². The summed E-state index contributed by atoms with van der Waals surface area (Å²) in [6, 6.07) is 3.54. The Morgan fingerprint density at radius 2 is 2.00 bits per heavy atom. The van der Waals surface area contributed by atoms with E-state index in [-0.39, 0.29) is 10.7 Å². The van der Waals surface area contributed by atoms with Crippen LogP contribution in [0.15, 0.2) is 45.7 Å². The number of allylic oxidation sites excluding steroid dienone is 2. The number of alkyl halides is 3. The molecule has 0 atom stereocenters. The van der Waals surface area contributed by atoms with Gasteiger partial charge in [0.25, 0.3) is 5.91 Å². The third kappa shape index (κ3) is 4.82. The van der Waals surface area contributed by atoms with Crippen LogP contribution in [0.5, 0.6) is 0 Å². The van der Waals surface area contributed by atoms with Gasteiger partial charge >= 0.3 is 6.18 Å². The first-order valence-corrected chi connectivity index (χ1v) is 6.89. The molecule has 9 heteroatoms. The van der Waals surface area contributed by atoms with Crippen molar-refractivity contribution in [1.82, 2.24) is 5.32 Å². The number of para-hydroxylation sites is 1. The molecule has 0 aliphatic heterocycles. The van der Waals surface area contributed by atoms with Crippen LogP contribution in [0.3, 0.4) is 0 Å². The highest BCUT2D eigenvalue weighted by atomic mass is 35.5. The molecule has 2 N–H and O–H groups in total. The molecule has 0 saturated heterocycles. The van der Waals surface area contributed by atoms with Crippen LogP contribution in [0.1, 0.15) is 17.3 Å². The third-order valence-corrected chi connectivity index (χ3v) is 3.22. The summed E-state index contributed by atoms with van der Waals surface area (Å²) in [4.78, 5) is 15.1. The van der Waals surface area contributed by atoms with Crippen molar-refractivity contribution in [2.24, 2.45) is 4.99 Å². The van der Waals surface area contributed by atoms with Crippen LogP contribution in [0, 0.1) is 5.82 Å². The second kappa shape index (κ2) is 7.96. The van der Waals surface area contributed by atoms with Crippen molar-refractivity contribution in [1.29, 1.82) is 0 Å². The lowest BCUT2D eigenvalue weighted by Gasteiger charge is -2.17. The minimum Gasteiger partial charge on any atom is -0.355 e. The molecule has 0 fully saturated rings. The normalized spacial score (nSPS) is 13.2. The average Bonchev–Trinajstić information content (AvgIpc) is 2.53. The molecule has 1 amide bonds. The van der Waals surface area contributed by atoms with Crippen LogP contribution in [-0.4, -0.2) is 25.8 Å². The van der Waals surface area contributed by atoms with Gasteiger partial charge in [-0.1, -0.05) is 17.7 Å². The maximum absolute atomic E-state index is 14.1. The van der Waals surface area contributed by atoms with Crippen molar-refractivity contribution < 1.29 is 22.4 Å². The molecule has 0 bridgehead atoms. The number of halogens is 5. The smallest absolute Gasteiger partial charge is 0.355 e. The van der Waals surface area contributed by atoms with Gasteiger partial charge < -0.3 is 10.6 Å². The highest BCUT2D eigenvalue weighted by molar-refractivity contribution is 6.29. The fourth-order valence-corrected chi connectivity index (χ4v) is 1.77. The molecule has 1 aromatic carbocycles. The van der Waals surface area contributed by atoms with Gasteiger partial charge in [-0.25, -0.2) is 4.39 Å². The number of carbonyl (C=O) groups is 1. The van der Waals surface area contributed by atoms with Crippen molar-refractivity contribution >= 4 is 29.9 Å². The maximum atomic E-state index is 14.1. The van der Waals surface area contributed by atoms with E-state index < -0.39 is 34.9 Å². The molecule has 0 saturated carbocycles. The van der Waals surface area contributed by atoms with E-state index in [1.165, 1.54) is 19.2 Å². The van der Waals surface area contributed by atoms with Crippen LogP contribution in [0.4, 0.5) is 23.2 Å². The minimum atomic E-state index is -4.70. The summed E-state index contributed by atoms with van der Waals surface area (Å²) < 4.78 is 53.0. The lowest BCUT2D eigenvalue weighted by atomic mass is 10.1. The van der Waals surface area contributed by atoms with Gasteiger partial charge in [0.15, 0.2) is 0 Å². The Morgan fingerprint density at radius 3 is 2.50 bits per heavy atom. The number of amides is 1. The van der Waals surface area contributed by atoms with E-state index in [2.05, 4.69) is 22.3 Å². The zero-order valence-electron chi connectivity index (χ0n) is 12.8. The summed E-state index contributed by atoms with van der Waals surface area (Å²) in [6.45, 7) is 3.88. The van der Waals surface area contributed by atoms with Gasteiger partial charge in [0.05, 0.1) is 16.8 Å². The van der Waals surface area contributed by atoms with Gasteiger partial charge in [0.2, 0.25) is 0 Å². The van der Waals surface area contributed by atoms with Crippen LogP contribution in [0.2, 0.25) is 0 Å². The largest absolute Gasteiger partial charge is 0.414 e. The maximum Gasteiger partial charge on any atom is 0.414 e. The predicted octanol–water partition coefficient (Wildman–Crippen LogP) is 4.21. The van der Waals surface area contributed by atoms with E-state index in [0.29, 0.717) is 0 Å². The zero-order valence-corrected chi connectivity index (χ0v) is 13.5. The standard InChI is InChI=1S/C15H14ClF4N3O/c1-8(15(18,19)20)11(7-12(16)21-2)23-13-9(14(24)22-3)5-4-6-10(13)17/h4-7,23H,2H2,1,3H3,(H,22,24)/b11-8-,12-7-. The number of aliphatic imine (C=N–C) groups is 1. The van der Waals surface area contributed by atoms with E-state index in [4.69, 9.17) is 11.6 Å². The molecule has 0 aromatic heterocycles. The van der Waals surface area contributed by atoms with Gasteiger partial charge in [-0.15, -0.1) is 0 Å². The molecule has 24 heavy (non-hydrogen) atoms. The van der Waals surface area contributed by atoms with Crippen LogP contribution in [-0.2, 0) is 0 Å². The molecule has 0 unspecified atom stereocenters. The number of nitrogens with one attached hydrogen (secondary N) is 2. The molecule has 4 nitrogen and oxygen atoms in total. The van der Waals surface area contributed by atoms with E-state index >= 15 is 0 Å². The number of anilines is 1. The Hall–Kier alpha value is -2.35. The predicted molar refractivity (Wildman–Crippen MR) is 85.7 cm³/mol. The van der Waals surface area contributed by atoms with Crippen molar-refractivity contribution in [3.63, 3.8) is 0 Å². The SMILES string of the molecule is C=N/C(Cl)=C\C(Nc1c(F)cccc1C(=O)NC)=C(/C)C(F)(F)F. The van der Waals surface area contributed by atoms with Gasteiger partial charge in [0.1, 0.15) is 11.0 Å². The van der Waals surface area contributed by atoms with E-state index in [1.54, 1.807) is 0 Å². The molecular weight excluding hydrogens is 350 g/mol. The average molecular weight is 364 g/mol. The molecule has 0 heterocycles. The van der Waals surface area contributed by atoms with Crippen molar-refractivity contribution in [2.75, 3.05) is 12.4 Å². The Balaban J connectivity index is 3.52. The van der Waals surface area contributed by atoms with E-state index in [9.17, 15) is 22.4 Å². The summed E-state index contributed by atoms with van der Waals surface area (Å²) in [5, 5.41) is 4.22. The Labute approximate surface area is 140 Å². The first-order valence-electron chi connectivity index (χ1n) is 6.51. The topological polar surface area (TPSA) is 53.5 Å². The zero-order chi connectivity index (χ0) is 18.5. The molecule has 1 rings (SSSR count). The summed E-state index contributed by atoms with van der Waals surface area (Å²) in [5.41, 5.74) is -2.22. The molecule has 0 spiro atoms. The van der Waals surface area contributed by atoms with Crippen molar-refractivity contribution in [2.45, 2.75) is 13.1 Å². The Morgan fingerprint density at radius 1 is 1.38 bits per heavy atom. The monoisotopic (exact) mass is 363 g/mol. The Kier molecular flexibility index (Phi) is 6.53. The van der Waals surface area contributed by atoms with Gasteiger partial charge in [0, 0.05) is 12.7 Å². The molecular formula is C15H14ClF4N3O. The van der Waals surface area contributed by atoms with Gasteiger partial charge in [-0.05, 0) is 31.9 Å². The molecule has 0 radical (unpaired) electrons. The van der Waals surface area contributed by atoms with Crippen LogP contribution in [0.25, 0.3) is 0 Å². The molecule has 1 aromatic rings. The highest BCUT2D eigenvalue weighted by Gasteiger charge is 2.33. The first kappa shape index (κ1) is 19.7. The quantitative estimate of drug-likeness (QED) is 0.356. The van der Waals surface area contributed by atoms with Crippen LogP contribution < -0.4 is 10.6 Å². The summed E-state index contributed by atoms with van der Waals surface area (Å²) >= 11 is 5.61. The number of rotatable bonds is 5. The lowest BCUT2D eigenvalue weighted by Crippen LogP contribution is -2.21. The second-order valence-electron chi connectivity index (χ2n) is 4.53. The molecule has 130 valence electrons. The summed E-state index contributed by atoms with van der Waals surface area (Å²) in [5.74, 6) is -1.57. The molecule has 0 aliphatic rings. The summed E-state index contributed by atoms with van der Waals surface area (Å²) in [6.07, 6.45) is -3.85. The van der Waals surface area contributed by atoms with Crippen molar-refractivity contribution in [3.8, 4) is 0 Å². The Bertz CT molecular complexity index is 711.